The molecule has 1 atom stereocenters. The molecule has 1 unspecified atom stereocenters. The van der Waals surface area contributed by atoms with Crippen LogP contribution in [-0.2, 0) is 0 Å². The van der Waals surface area contributed by atoms with Gasteiger partial charge in [0.25, 0.3) is 0 Å². The topological polar surface area (TPSA) is 12.0 Å². The Labute approximate surface area is 126 Å². The maximum atomic E-state index is 13.8. The lowest BCUT2D eigenvalue weighted by Crippen LogP contribution is -2.10. The van der Waals surface area contributed by atoms with Gasteiger partial charge in [-0.25, -0.2) is 8.78 Å². The molecule has 0 saturated carbocycles. The summed E-state index contributed by atoms with van der Waals surface area (Å²) in [5.41, 5.74) is 3.54. The van der Waals surface area contributed by atoms with E-state index in [1.165, 1.54) is 11.6 Å². The quantitative estimate of drug-likeness (QED) is 0.726. The van der Waals surface area contributed by atoms with Gasteiger partial charge in [0.1, 0.15) is 11.6 Å². The number of rotatable bonds is 3. The van der Waals surface area contributed by atoms with E-state index in [1.807, 2.05) is 32.9 Å². The van der Waals surface area contributed by atoms with Crippen molar-refractivity contribution >= 4 is 21.6 Å². The minimum atomic E-state index is -0.485. The molecule has 0 amide bonds. The van der Waals surface area contributed by atoms with Gasteiger partial charge in [0.15, 0.2) is 0 Å². The van der Waals surface area contributed by atoms with Gasteiger partial charge < -0.3 is 5.32 Å². The van der Waals surface area contributed by atoms with E-state index < -0.39 is 11.6 Å². The van der Waals surface area contributed by atoms with Gasteiger partial charge in [-0.15, -0.1) is 0 Å². The normalized spacial score (nSPS) is 12.3. The molecule has 1 N–H and O–H groups in total. The van der Waals surface area contributed by atoms with Crippen molar-refractivity contribution in [3.8, 4) is 0 Å². The molecule has 0 bridgehead atoms. The highest BCUT2D eigenvalue weighted by Crippen LogP contribution is 2.28. The second-order valence-electron chi connectivity index (χ2n) is 4.97. The van der Waals surface area contributed by atoms with Crippen molar-refractivity contribution in [3.05, 3.63) is 63.1 Å². The van der Waals surface area contributed by atoms with Crippen molar-refractivity contribution in [2.45, 2.75) is 26.8 Å². The minimum absolute atomic E-state index is 0.106. The van der Waals surface area contributed by atoms with E-state index in [0.717, 1.165) is 17.2 Å². The zero-order chi connectivity index (χ0) is 14.9. The van der Waals surface area contributed by atoms with E-state index in [-0.39, 0.29) is 16.2 Å². The number of hydrogen-bond acceptors (Lipinski definition) is 1. The van der Waals surface area contributed by atoms with Crippen molar-refractivity contribution in [1.29, 1.82) is 0 Å². The summed E-state index contributed by atoms with van der Waals surface area (Å²) in [5, 5.41) is 3.02. The summed E-state index contributed by atoms with van der Waals surface area (Å²) in [4.78, 5) is 0. The zero-order valence-corrected chi connectivity index (χ0v) is 13.2. The molecule has 0 aromatic heterocycles. The number of hydrogen-bond donors (Lipinski definition) is 1. The fraction of sp³-hybridized carbons (Fsp3) is 0.250. The molecule has 1 nitrogen and oxygen atoms in total. The summed E-state index contributed by atoms with van der Waals surface area (Å²) >= 11 is 2.97. The molecule has 4 heteroatoms. The molecule has 2 aromatic rings. The van der Waals surface area contributed by atoms with E-state index >= 15 is 0 Å². The third kappa shape index (κ3) is 3.18. The van der Waals surface area contributed by atoms with Crippen molar-refractivity contribution in [3.63, 3.8) is 0 Å². The van der Waals surface area contributed by atoms with E-state index in [4.69, 9.17) is 0 Å². The molecule has 0 aliphatic carbocycles. The average Bonchev–Trinajstić information content (AvgIpc) is 2.35. The SMILES string of the molecule is Cc1ccc(C(C)Nc2cc(F)c(Br)cc2F)c(C)c1. The second-order valence-corrected chi connectivity index (χ2v) is 5.83. The number of halogens is 3. The van der Waals surface area contributed by atoms with E-state index in [2.05, 4.69) is 27.3 Å². The Morgan fingerprint density at radius 2 is 1.75 bits per heavy atom. The van der Waals surface area contributed by atoms with Crippen LogP contribution in [0.5, 0.6) is 0 Å². The van der Waals surface area contributed by atoms with E-state index in [0.29, 0.717) is 0 Å². The van der Waals surface area contributed by atoms with Crippen LogP contribution in [0.4, 0.5) is 14.5 Å². The minimum Gasteiger partial charge on any atom is -0.376 e. The lowest BCUT2D eigenvalue weighted by molar-refractivity contribution is 0.595. The Morgan fingerprint density at radius 3 is 2.40 bits per heavy atom. The molecule has 2 rings (SSSR count). The average molecular weight is 340 g/mol. The van der Waals surface area contributed by atoms with Crippen molar-refractivity contribution in [2.75, 3.05) is 5.32 Å². The Bertz CT molecular complexity index is 641. The molecular weight excluding hydrogens is 324 g/mol. The molecule has 0 aliphatic rings. The van der Waals surface area contributed by atoms with E-state index in [1.54, 1.807) is 0 Å². The summed E-state index contributed by atoms with van der Waals surface area (Å²) in [6.45, 7) is 5.97. The monoisotopic (exact) mass is 339 g/mol. The molecule has 20 heavy (non-hydrogen) atoms. The lowest BCUT2D eigenvalue weighted by atomic mass is 10.00. The van der Waals surface area contributed by atoms with Crippen molar-refractivity contribution in [2.24, 2.45) is 0 Å². The Morgan fingerprint density at radius 1 is 1.05 bits per heavy atom. The fourth-order valence-electron chi connectivity index (χ4n) is 2.26. The van der Waals surface area contributed by atoms with Crippen LogP contribution in [0.1, 0.15) is 29.7 Å². The van der Waals surface area contributed by atoms with Gasteiger partial charge in [0, 0.05) is 12.1 Å². The Balaban J connectivity index is 2.27. The number of benzene rings is 2. The smallest absolute Gasteiger partial charge is 0.147 e. The van der Waals surface area contributed by atoms with Gasteiger partial charge >= 0.3 is 0 Å². The first-order valence-electron chi connectivity index (χ1n) is 6.36. The van der Waals surface area contributed by atoms with Crippen LogP contribution in [0.15, 0.2) is 34.8 Å². The predicted octanol–water partition coefficient (Wildman–Crippen LogP) is 5.52. The maximum absolute atomic E-state index is 13.8. The molecule has 0 saturated heterocycles. The summed E-state index contributed by atoms with van der Waals surface area (Å²) in [6.07, 6.45) is 0. The molecule has 0 fully saturated rings. The lowest BCUT2D eigenvalue weighted by Gasteiger charge is -2.19. The van der Waals surface area contributed by atoms with Crippen LogP contribution >= 0.6 is 15.9 Å². The summed E-state index contributed by atoms with van der Waals surface area (Å²) in [5.74, 6) is -0.961. The molecule has 0 spiro atoms. The molecule has 2 aromatic carbocycles. The first kappa shape index (κ1) is 15.0. The standard InChI is InChI=1S/C16H16BrF2N/c1-9-4-5-12(10(2)6-9)11(3)20-16-8-14(18)13(17)7-15(16)19/h4-8,11,20H,1-3H3. The highest BCUT2D eigenvalue weighted by molar-refractivity contribution is 9.10. The predicted molar refractivity (Wildman–Crippen MR) is 82.0 cm³/mol. The van der Waals surface area contributed by atoms with Gasteiger partial charge in [0.2, 0.25) is 0 Å². The highest BCUT2D eigenvalue weighted by atomic mass is 79.9. The molecular formula is C16H16BrF2N. The summed E-state index contributed by atoms with van der Waals surface area (Å²) < 4.78 is 27.4. The largest absolute Gasteiger partial charge is 0.376 e. The Hall–Kier alpha value is -1.42. The molecule has 106 valence electrons. The van der Waals surface area contributed by atoms with Gasteiger partial charge in [-0.2, -0.15) is 0 Å². The second kappa shape index (κ2) is 5.92. The van der Waals surface area contributed by atoms with Gasteiger partial charge in [-0.3, -0.25) is 0 Å². The number of nitrogens with one attached hydrogen (secondary N) is 1. The molecule has 0 heterocycles. The Kier molecular flexibility index (Phi) is 4.43. The molecule has 0 aliphatic heterocycles. The fourth-order valence-corrected chi connectivity index (χ4v) is 2.57. The van der Waals surface area contributed by atoms with Crippen LogP contribution in [0.2, 0.25) is 0 Å². The van der Waals surface area contributed by atoms with Crippen LogP contribution < -0.4 is 5.32 Å². The van der Waals surface area contributed by atoms with Crippen LogP contribution in [-0.4, -0.2) is 0 Å². The number of aryl methyl sites for hydroxylation is 2. The first-order valence-corrected chi connectivity index (χ1v) is 7.16. The van der Waals surface area contributed by atoms with Crippen LogP contribution in [0.3, 0.4) is 0 Å². The van der Waals surface area contributed by atoms with Gasteiger partial charge in [0.05, 0.1) is 10.2 Å². The summed E-state index contributed by atoms with van der Waals surface area (Å²) in [6, 6.07) is 8.29. The van der Waals surface area contributed by atoms with Gasteiger partial charge in [-0.1, -0.05) is 23.8 Å². The van der Waals surface area contributed by atoms with Crippen LogP contribution in [0.25, 0.3) is 0 Å². The number of anilines is 1. The maximum Gasteiger partial charge on any atom is 0.147 e. The van der Waals surface area contributed by atoms with E-state index in [9.17, 15) is 8.78 Å². The molecule has 0 radical (unpaired) electrons. The summed E-state index contributed by atoms with van der Waals surface area (Å²) in [7, 11) is 0. The first-order chi connectivity index (χ1) is 9.38. The van der Waals surface area contributed by atoms with Gasteiger partial charge in [-0.05, 0) is 53.9 Å². The van der Waals surface area contributed by atoms with Crippen molar-refractivity contribution < 1.29 is 8.78 Å². The third-order valence-corrected chi connectivity index (χ3v) is 3.88. The zero-order valence-electron chi connectivity index (χ0n) is 11.6. The third-order valence-electron chi connectivity index (χ3n) is 3.27. The highest BCUT2D eigenvalue weighted by Gasteiger charge is 2.13. The van der Waals surface area contributed by atoms with Crippen LogP contribution in [0, 0.1) is 25.5 Å². The van der Waals surface area contributed by atoms with Crippen molar-refractivity contribution in [1.82, 2.24) is 0 Å².